The lowest BCUT2D eigenvalue weighted by Crippen LogP contribution is -2.45. The van der Waals surface area contributed by atoms with Crippen LogP contribution in [0.1, 0.15) is 18.0 Å². The van der Waals surface area contributed by atoms with E-state index < -0.39 is 0 Å². The molecule has 0 bridgehead atoms. The number of rotatable bonds is 7. The molecule has 0 spiro atoms. The third-order valence-corrected chi connectivity index (χ3v) is 4.53. The van der Waals surface area contributed by atoms with Crippen LogP contribution < -0.4 is 20.3 Å². The third-order valence-electron chi connectivity index (χ3n) is 4.53. The number of carbonyl (C=O) groups is 1. The van der Waals surface area contributed by atoms with Crippen LogP contribution in [0.15, 0.2) is 54.6 Å². The van der Waals surface area contributed by atoms with Gasteiger partial charge in [0.05, 0.1) is 13.7 Å². The number of hydrazine groups is 1. The predicted octanol–water partition coefficient (Wildman–Crippen LogP) is 2.14. The Morgan fingerprint density at radius 2 is 1.77 bits per heavy atom. The number of hydrogen-bond donors (Lipinski definition) is 2. The van der Waals surface area contributed by atoms with E-state index in [1.807, 2.05) is 42.5 Å². The predicted molar refractivity (Wildman–Crippen MR) is 100.0 cm³/mol. The van der Waals surface area contributed by atoms with Crippen molar-refractivity contribution in [1.82, 2.24) is 15.8 Å². The number of methoxy groups -OCH3 is 1. The van der Waals surface area contributed by atoms with Gasteiger partial charge in [-0.1, -0.05) is 30.3 Å². The lowest BCUT2D eigenvalue weighted by molar-refractivity contribution is -0.132. The summed E-state index contributed by atoms with van der Waals surface area (Å²) < 4.78 is 10.8. The molecule has 2 aromatic carbocycles. The minimum atomic E-state index is -0.230. The van der Waals surface area contributed by atoms with Crippen LogP contribution in [0.3, 0.4) is 0 Å². The molecule has 3 rings (SSSR count). The molecule has 2 unspecified atom stereocenters. The van der Waals surface area contributed by atoms with E-state index in [-0.39, 0.29) is 18.0 Å². The highest BCUT2D eigenvalue weighted by atomic mass is 16.5. The summed E-state index contributed by atoms with van der Waals surface area (Å²) in [7, 11) is 3.43. The summed E-state index contributed by atoms with van der Waals surface area (Å²) in [5.41, 5.74) is 7.50. The molecule has 0 saturated carbocycles. The minimum Gasteiger partial charge on any atom is -0.497 e. The van der Waals surface area contributed by atoms with Crippen molar-refractivity contribution >= 4 is 5.91 Å². The number of ether oxygens (including phenoxy) is 2. The topological polar surface area (TPSA) is 62.8 Å². The van der Waals surface area contributed by atoms with Gasteiger partial charge in [0.1, 0.15) is 24.1 Å². The van der Waals surface area contributed by atoms with E-state index in [0.717, 1.165) is 17.9 Å². The zero-order valence-corrected chi connectivity index (χ0v) is 15.1. The van der Waals surface area contributed by atoms with Crippen molar-refractivity contribution in [1.29, 1.82) is 0 Å². The molecule has 1 fully saturated rings. The smallest absolute Gasteiger partial charge is 0.240 e. The zero-order chi connectivity index (χ0) is 18.4. The van der Waals surface area contributed by atoms with Gasteiger partial charge in [-0.05, 0) is 36.2 Å². The van der Waals surface area contributed by atoms with Gasteiger partial charge in [-0.25, -0.2) is 10.9 Å². The van der Waals surface area contributed by atoms with Crippen molar-refractivity contribution < 1.29 is 14.3 Å². The van der Waals surface area contributed by atoms with Crippen molar-refractivity contribution in [3.05, 3.63) is 60.2 Å². The summed E-state index contributed by atoms with van der Waals surface area (Å²) in [6.45, 7) is 0.968. The second-order valence-corrected chi connectivity index (χ2v) is 6.32. The van der Waals surface area contributed by atoms with Crippen LogP contribution in [0.2, 0.25) is 0 Å². The van der Waals surface area contributed by atoms with Crippen molar-refractivity contribution in [3.63, 3.8) is 0 Å². The van der Waals surface area contributed by atoms with Gasteiger partial charge in [0.2, 0.25) is 5.91 Å². The molecule has 1 aliphatic heterocycles. The Kier molecular flexibility index (Phi) is 6.09. The van der Waals surface area contributed by atoms with Crippen LogP contribution in [0.25, 0.3) is 0 Å². The van der Waals surface area contributed by atoms with Gasteiger partial charge < -0.3 is 14.4 Å². The normalized spacial score (nSPS) is 19.2. The fourth-order valence-electron chi connectivity index (χ4n) is 2.97. The molecule has 1 heterocycles. The summed E-state index contributed by atoms with van der Waals surface area (Å²) in [4.78, 5) is 14.3. The molecule has 1 saturated heterocycles. The number of benzene rings is 2. The lowest BCUT2D eigenvalue weighted by Gasteiger charge is -2.21. The van der Waals surface area contributed by atoms with Crippen LogP contribution in [0.4, 0.5) is 0 Å². The van der Waals surface area contributed by atoms with E-state index in [4.69, 9.17) is 9.47 Å². The molecule has 138 valence electrons. The van der Waals surface area contributed by atoms with E-state index in [9.17, 15) is 4.79 Å². The summed E-state index contributed by atoms with van der Waals surface area (Å²) in [5, 5.41) is 0. The summed E-state index contributed by atoms with van der Waals surface area (Å²) in [5.74, 6) is 1.61. The highest BCUT2D eigenvalue weighted by Crippen LogP contribution is 2.22. The molecular formula is C20H25N3O3. The molecular weight excluding hydrogens is 330 g/mol. The average molecular weight is 355 g/mol. The molecule has 0 aliphatic carbocycles. The Morgan fingerprint density at radius 3 is 2.46 bits per heavy atom. The van der Waals surface area contributed by atoms with Gasteiger partial charge >= 0.3 is 0 Å². The van der Waals surface area contributed by atoms with Gasteiger partial charge in [0.15, 0.2) is 0 Å². The molecule has 0 aromatic heterocycles. The average Bonchev–Trinajstić information content (AvgIpc) is 3.18. The SMILES string of the molecule is COc1ccc(OCCN(C)C(=O)C2CC(c3ccccc3)NN2)cc1. The van der Waals surface area contributed by atoms with E-state index in [2.05, 4.69) is 23.0 Å². The van der Waals surface area contributed by atoms with Gasteiger partial charge in [0, 0.05) is 13.1 Å². The van der Waals surface area contributed by atoms with Gasteiger partial charge in [-0.2, -0.15) is 0 Å². The quantitative estimate of drug-likeness (QED) is 0.797. The van der Waals surface area contributed by atoms with E-state index >= 15 is 0 Å². The number of likely N-dealkylation sites (N-methyl/N-ethyl adjacent to an activating group) is 1. The number of carbonyl (C=O) groups excluding carboxylic acids is 1. The fourth-order valence-corrected chi connectivity index (χ4v) is 2.97. The van der Waals surface area contributed by atoms with Crippen LogP contribution in [-0.4, -0.2) is 44.2 Å². The maximum Gasteiger partial charge on any atom is 0.240 e. The zero-order valence-electron chi connectivity index (χ0n) is 15.1. The molecule has 6 heteroatoms. The fraction of sp³-hybridized carbons (Fsp3) is 0.350. The maximum absolute atomic E-state index is 12.6. The van der Waals surface area contributed by atoms with E-state index in [0.29, 0.717) is 13.2 Å². The first kappa shape index (κ1) is 18.2. The minimum absolute atomic E-state index is 0.0641. The second kappa shape index (κ2) is 8.69. The van der Waals surface area contributed by atoms with Crippen molar-refractivity contribution in [2.24, 2.45) is 0 Å². The maximum atomic E-state index is 12.6. The second-order valence-electron chi connectivity index (χ2n) is 6.32. The Hall–Kier alpha value is -2.57. The Morgan fingerprint density at radius 1 is 1.08 bits per heavy atom. The van der Waals surface area contributed by atoms with Crippen molar-refractivity contribution in [2.75, 3.05) is 27.3 Å². The van der Waals surface area contributed by atoms with Crippen molar-refractivity contribution in [2.45, 2.75) is 18.5 Å². The lowest BCUT2D eigenvalue weighted by atomic mass is 10.0. The van der Waals surface area contributed by atoms with E-state index in [1.54, 1.807) is 19.1 Å². The molecule has 1 amide bonds. The number of hydrogen-bond acceptors (Lipinski definition) is 5. The van der Waals surface area contributed by atoms with Gasteiger partial charge in [-0.15, -0.1) is 0 Å². The summed E-state index contributed by atoms with van der Waals surface area (Å²) in [6.07, 6.45) is 0.729. The summed E-state index contributed by atoms with van der Waals surface area (Å²) >= 11 is 0. The molecule has 2 aromatic rings. The highest BCUT2D eigenvalue weighted by molar-refractivity contribution is 5.82. The number of nitrogens with one attached hydrogen (secondary N) is 2. The van der Waals surface area contributed by atoms with Crippen LogP contribution in [0.5, 0.6) is 11.5 Å². The van der Waals surface area contributed by atoms with Crippen molar-refractivity contribution in [3.8, 4) is 11.5 Å². The molecule has 2 N–H and O–H groups in total. The van der Waals surface area contributed by atoms with Gasteiger partial charge in [-0.3, -0.25) is 4.79 Å². The molecule has 26 heavy (non-hydrogen) atoms. The molecule has 1 aliphatic rings. The number of nitrogens with zero attached hydrogens (tertiary/aromatic N) is 1. The molecule has 0 radical (unpaired) electrons. The first-order chi connectivity index (χ1) is 12.7. The Labute approximate surface area is 154 Å². The largest absolute Gasteiger partial charge is 0.497 e. The number of amides is 1. The summed E-state index contributed by atoms with van der Waals surface area (Å²) in [6, 6.07) is 17.5. The standard InChI is InChI=1S/C20H25N3O3/c1-23(12-13-26-17-10-8-16(25-2)9-11-17)20(24)19-14-18(21-22-19)15-6-4-3-5-7-15/h3-11,18-19,21-22H,12-14H2,1-2H3. The highest BCUT2D eigenvalue weighted by Gasteiger charge is 2.31. The third kappa shape index (κ3) is 4.53. The molecule has 6 nitrogen and oxygen atoms in total. The first-order valence-corrected chi connectivity index (χ1v) is 8.75. The van der Waals surface area contributed by atoms with Gasteiger partial charge in [0.25, 0.3) is 0 Å². The van der Waals surface area contributed by atoms with Crippen LogP contribution >= 0.6 is 0 Å². The Balaban J connectivity index is 1.44. The van der Waals surface area contributed by atoms with Crippen LogP contribution in [-0.2, 0) is 4.79 Å². The Bertz CT molecular complexity index is 706. The molecule has 2 atom stereocenters. The van der Waals surface area contributed by atoms with Crippen LogP contribution in [0, 0.1) is 0 Å². The first-order valence-electron chi connectivity index (χ1n) is 8.75. The van der Waals surface area contributed by atoms with E-state index in [1.165, 1.54) is 5.56 Å². The monoisotopic (exact) mass is 355 g/mol.